The lowest BCUT2D eigenvalue weighted by atomic mass is 10.2. The number of nitrogens with one attached hydrogen (secondary N) is 1. The molecule has 0 aromatic heterocycles. The van der Waals surface area contributed by atoms with Gasteiger partial charge in [0.25, 0.3) is 0 Å². The standard InChI is InChI=1S/C7H7NO3/c8-3-4-1-2-5(9)7(11)6(4)10/h1-3,8-11H. The first-order valence-electron chi connectivity index (χ1n) is 2.91. The van der Waals surface area contributed by atoms with E-state index >= 15 is 0 Å². The highest BCUT2D eigenvalue weighted by Crippen LogP contribution is 2.35. The van der Waals surface area contributed by atoms with E-state index in [1.165, 1.54) is 12.1 Å². The first kappa shape index (κ1) is 7.40. The Balaban J connectivity index is 3.36. The van der Waals surface area contributed by atoms with Crippen LogP contribution >= 0.6 is 0 Å². The molecule has 0 fully saturated rings. The third kappa shape index (κ3) is 1.10. The van der Waals surface area contributed by atoms with Crippen LogP contribution in [0.5, 0.6) is 17.2 Å². The van der Waals surface area contributed by atoms with Gasteiger partial charge in [0.1, 0.15) is 0 Å². The minimum atomic E-state index is -0.592. The van der Waals surface area contributed by atoms with Crippen molar-refractivity contribution in [2.45, 2.75) is 0 Å². The summed E-state index contributed by atoms with van der Waals surface area (Å²) in [5.41, 5.74) is 0.167. The number of aromatic hydroxyl groups is 3. The van der Waals surface area contributed by atoms with Crippen molar-refractivity contribution in [3.63, 3.8) is 0 Å². The lowest BCUT2D eigenvalue weighted by Gasteiger charge is -2.01. The Labute approximate surface area is 62.9 Å². The van der Waals surface area contributed by atoms with E-state index in [4.69, 9.17) is 20.7 Å². The van der Waals surface area contributed by atoms with E-state index in [2.05, 4.69) is 0 Å². The van der Waals surface area contributed by atoms with Crippen molar-refractivity contribution in [3.8, 4) is 17.2 Å². The van der Waals surface area contributed by atoms with Crippen molar-refractivity contribution < 1.29 is 15.3 Å². The first-order chi connectivity index (χ1) is 5.16. The maximum atomic E-state index is 9.02. The van der Waals surface area contributed by atoms with Gasteiger partial charge in [0.15, 0.2) is 11.5 Å². The summed E-state index contributed by atoms with van der Waals surface area (Å²) in [6.07, 6.45) is 0.883. The molecule has 0 heterocycles. The topological polar surface area (TPSA) is 84.5 Å². The van der Waals surface area contributed by atoms with Crippen LogP contribution in [-0.2, 0) is 0 Å². The fourth-order valence-corrected chi connectivity index (χ4v) is 0.701. The van der Waals surface area contributed by atoms with Gasteiger partial charge in [0, 0.05) is 11.8 Å². The molecular weight excluding hydrogens is 146 g/mol. The van der Waals surface area contributed by atoms with Gasteiger partial charge in [-0.25, -0.2) is 0 Å². The summed E-state index contributed by atoms with van der Waals surface area (Å²) in [6.45, 7) is 0. The van der Waals surface area contributed by atoms with Crippen LogP contribution in [0.2, 0.25) is 0 Å². The molecular formula is C7H7NO3. The first-order valence-corrected chi connectivity index (χ1v) is 2.91. The number of phenolic OH excluding ortho intramolecular Hbond substituents is 3. The van der Waals surface area contributed by atoms with Crippen molar-refractivity contribution >= 4 is 6.21 Å². The second-order valence-electron chi connectivity index (χ2n) is 2.02. The Kier molecular flexibility index (Phi) is 1.68. The van der Waals surface area contributed by atoms with E-state index in [-0.39, 0.29) is 5.56 Å². The molecule has 4 heteroatoms. The van der Waals surface area contributed by atoms with Gasteiger partial charge >= 0.3 is 0 Å². The highest BCUT2D eigenvalue weighted by molar-refractivity contribution is 5.83. The molecule has 0 saturated carbocycles. The van der Waals surface area contributed by atoms with Gasteiger partial charge in [0.05, 0.1) is 0 Å². The molecule has 11 heavy (non-hydrogen) atoms. The minimum absolute atomic E-state index is 0.167. The van der Waals surface area contributed by atoms with Crippen molar-refractivity contribution in [2.24, 2.45) is 0 Å². The van der Waals surface area contributed by atoms with Crippen molar-refractivity contribution in [1.29, 1.82) is 5.41 Å². The third-order valence-electron chi connectivity index (χ3n) is 1.32. The molecule has 4 N–H and O–H groups in total. The maximum absolute atomic E-state index is 9.02. The molecule has 0 aliphatic heterocycles. The quantitative estimate of drug-likeness (QED) is 0.355. The summed E-state index contributed by atoms with van der Waals surface area (Å²) in [7, 11) is 0. The molecule has 1 rings (SSSR count). The fraction of sp³-hybridized carbons (Fsp3) is 0. The Morgan fingerprint density at radius 1 is 1.09 bits per heavy atom. The van der Waals surface area contributed by atoms with Crippen LogP contribution in [0.1, 0.15) is 5.56 Å². The van der Waals surface area contributed by atoms with Crippen LogP contribution in [0.3, 0.4) is 0 Å². The van der Waals surface area contributed by atoms with E-state index in [1.807, 2.05) is 0 Å². The molecule has 0 radical (unpaired) electrons. The Bertz CT molecular complexity index is 296. The van der Waals surface area contributed by atoms with Crippen LogP contribution < -0.4 is 0 Å². The molecule has 58 valence electrons. The van der Waals surface area contributed by atoms with Crippen molar-refractivity contribution in [2.75, 3.05) is 0 Å². The fourth-order valence-electron chi connectivity index (χ4n) is 0.701. The van der Waals surface area contributed by atoms with Gasteiger partial charge in [-0.1, -0.05) is 0 Å². The Morgan fingerprint density at radius 2 is 1.73 bits per heavy atom. The summed E-state index contributed by atoms with van der Waals surface area (Å²) < 4.78 is 0. The molecule has 1 aromatic rings. The summed E-state index contributed by atoms with van der Waals surface area (Å²) in [4.78, 5) is 0. The van der Waals surface area contributed by atoms with Gasteiger partial charge < -0.3 is 20.7 Å². The second kappa shape index (κ2) is 2.49. The minimum Gasteiger partial charge on any atom is -0.504 e. The molecule has 0 bridgehead atoms. The molecule has 0 saturated heterocycles. The highest BCUT2D eigenvalue weighted by Gasteiger charge is 2.07. The lowest BCUT2D eigenvalue weighted by molar-refractivity contribution is 0.367. The second-order valence-corrected chi connectivity index (χ2v) is 2.02. The predicted octanol–water partition coefficient (Wildman–Crippen LogP) is 0.801. The molecule has 4 nitrogen and oxygen atoms in total. The van der Waals surface area contributed by atoms with Crippen LogP contribution in [0, 0.1) is 5.41 Å². The van der Waals surface area contributed by atoms with Crippen LogP contribution in [0.4, 0.5) is 0 Å². The highest BCUT2D eigenvalue weighted by atomic mass is 16.3. The molecule has 0 aliphatic rings. The molecule has 1 aromatic carbocycles. The SMILES string of the molecule is N=Cc1ccc(O)c(O)c1O. The van der Waals surface area contributed by atoms with Gasteiger partial charge in [-0.2, -0.15) is 0 Å². The van der Waals surface area contributed by atoms with E-state index in [1.54, 1.807) is 0 Å². The predicted molar refractivity (Wildman–Crippen MR) is 39.3 cm³/mol. The largest absolute Gasteiger partial charge is 0.504 e. The summed E-state index contributed by atoms with van der Waals surface area (Å²) in [5, 5.41) is 33.5. The number of hydrogen-bond donors (Lipinski definition) is 4. The van der Waals surface area contributed by atoms with Crippen LogP contribution in [-0.4, -0.2) is 21.5 Å². The summed E-state index contributed by atoms with van der Waals surface area (Å²) in [5.74, 6) is -1.46. The smallest absolute Gasteiger partial charge is 0.200 e. The van der Waals surface area contributed by atoms with Gasteiger partial charge in [-0.3, -0.25) is 0 Å². The zero-order chi connectivity index (χ0) is 8.43. The van der Waals surface area contributed by atoms with E-state index in [0.717, 1.165) is 6.21 Å². The zero-order valence-corrected chi connectivity index (χ0v) is 5.57. The lowest BCUT2D eigenvalue weighted by Crippen LogP contribution is -1.81. The Hall–Kier alpha value is -1.71. The average Bonchev–Trinajstić information content (AvgIpc) is 2.01. The van der Waals surface area contributed by atoms with E-state index in [0.29, 0.717) is 0 Å². The van der Waals surface area contributed by atoms with Gasteiger partial charge in [-0.05, 0) is 12.1 Å². The number of benzene rings is 1. The third-order valence-corrected chi connectivity index (χ3v) is 1.32. The summed E-state index contributed by atoms with van der Waals surface area (Å²) in [6, 6.07) is 2.53. The maximum Gasteiger partial charge on any atom is 0.200 e. The van der Waals surface area contributed by atoms with Gasteiger partial charge in [-0.15, -0.1) is 0 Å². The van der Waals surface area contributed by atoms with Crippen molar-refractivity contribution in [3.05, 3.63) is 17.7 Å². The summed E-state index contributed by atoms with van der Waals surface area (Å²) >= 11 is 0. The molecule has 0 unspecified atom stereocenters. The van der Waals surface area contributed by atoms with E-state index in [9.17, 15) is 0 Å². The molecule has 0 amide bonds. The zero-order valence-electron chi connectivity index (χ0n) is 5.57. The van der Waals surface area contributed by atoms with Crippen LogP contribution in [0.15, 0.2) is 12.1 Å². The number of hydrogen-bond acceptors (Lipinski definition) is 4. The monoisotopic (exact) mass is 153 g/mol. The molecule has 0 spiro atoms. The molecule has 0 atom stereocenters. The Morgan fingerprint density at radius 3 is 2.27 bits per heavy atom. The van der Waals surface area contributed by atoms with Crippen molar-refractivity contribution in [1.82, 2.24) is 0 Å². The average molecular weight is 153 g/mol. The van der Waals surface area contributed by atoms with E-state index < -0.39 is 17.2 Å². The van der Waals surface area contributed by atoms with Gasteiger partial charge in [0.2, 0.25) is 5.75 Å². The number of rotatable bonds is 1. The van der Waals surface area contributed by atoms with Crippen LogP contribution in [0.25, 0.3) is 0 Å². The molecule has 0 aliphatic carbocycles. The number of phenols is 3. The normalized spacial score (nSPS) is 9.45.